The van der Waals surface area contributed by atoms with Gasteiger partial charge in [-0.25, -0.2) is 4.79 Å². The number of unbranched alkanes of at least 4 members (excludes halogenated alkanes) is 6. The minimum atomic E-state index is -1.83. The molecule has 0 aliphatic rings. The molecule has 0 rings (SSSR count). The van der Waals surface area contributed by atoms with E-state index in [1.807, 2.05) is 0 Å². The van der Waals surface area contributed by atoms with Gasteiger partial charge in [0.05, 0.1) is 0 Å². The van der Waals surface area contributed by atoms with Gasteiger partial charge in [-0.15, -0.1) is 0 Å². The van der Waals surface area contributed by atoms with Gasteiger partial charge >= 0.3 is 12.1 Å². The molecular weight excluding hydrogens is 248 g/mol. The molecule has 0 aromatic heterocycles. The third-order valence-corrected chi connectivity index (χ3v) is 2.67. The van der Waals surface area contributed by atoms with Crippen molar-refractivity contribution in [2.24, 2.45) is 5.92 Å². The average Bonchev–Trinajstić information content (AvgIpc) is 2.25. The van der Waals surface area contributed by atoms with E-state index in [2.05, 4.69) is 13.8 Å². The van der Waals surface area contributed by atoms with Crippen molar-refractivity contribution in [2.45, 2.75) is 71.6 Å². The van der Waals surface area contributed by atoms with E-state index >= 15 is 0 Å². The van der Waals surface area contributed by atoms with Crippen LogP contribution in [-0.4, -0.2) is 27.4 Å². The highest BCUT2D eigenvalue weighted by Gasteiger charge is 1.97. The summed E-state index contributed by atoms with van der Waals surface area (Å²) in [6.45, 7) is 4.54. The first kappa shape index (κ1) is 20.1. The molecule has 0 aliphatic heterocycles. The lowest BCUT2D eigenvalue weighted by Gasteiger charge is -2.04. The highest BCUT2D eigenvalue weighted by atomic mass is 16.6. The minimum Gasteiger partial charge on any atom is -0.481 e. The molecule has 5 nitrogen and oxygen atoms in total. The predicted octanol–water partition coefficient (Wildman–Crippen LogP) is 4.46. The lowest BCUT2D eigenvalue weighted by Crippen LogP contribution is -1.93. The Kier molecular flexibility index (Phi) is 15.6. The summed E-state index contributed by atoms with van der Waals surface area (Å²) in [5.74, 6) is 0.174. The molecule has 0 spiro atoms. The summed E-state index contributed by atoms with van der Waals surface area (Å²) >= 11 is 0. The molecule has 0 saturated heterocycles. The van der Waals surface area contributed by atoms with Crippen LogP contribution >= 0.6 is 0 Å². The van der Waals surface area contributed by atoms with Gasteiger partial charge in [0.1, 0.15) is 0 Å². The van der Waals surface area contributed by atoms with Crippen molar-refractivity contribution >= 4 is 12.1 Å². The Hall–Kier alpha value is -1.26. The molecule has 0 aliphatic carbocycles. The first-order valence-corrected chi connectivity index (χ1v) is 7.00. The SMILES string of the molecule is CC(C)CCCCCCCCCC(=O)O.O=C(O)O. The summed E-state index contributed by atoms with van der Waals surface area (Å²) in [5.41, 5.74) is 0. The Balaban J connectivity index is 0. The van der Waals surface area contributed by atoms with Crippen LogP contribution in [0, 0.1) is 5.92 Å². The molecule has 0 aromatic rings. The van der Waals surface area contributed by atoms with Gasteiger partial charge in [0, 0.05) is 6.42 Å². The summed E-state index contributed by atoms with van der Waals surface area (Å²) in [7, 11) is 0. The largest absolute Gasteiger partial charge is 0.503 e. The van der Waals surface area contributed by atoms with E-state index in [1.54, 1.807) is 0 Å². The van der Waals surface area contributed by atoms with E-state index in [-0.39, 0.29) is 0 Å². The third-order valence-electron chi connectivity index (χ3n) is 2.67. The molecule has 19 heavy (non-hydrogen) atoms. The fourth-order valence-corrected chi connectivity index (χ4v) is 1.71. The van der Waals surface area contributed by atoms with E-state index in [9.17, 15) is 4.79 Å². The summed E-state index contributed by atoms with van der Waals surface area (Å²) < 4.78 is 0. The first-order chi connectivity index (χ1) is 8.86. The molecule has 0 heterocycles. The number of hydrogen-bond acceptors (Lipinski definition) is 2. The summed E-state index contributed by atoms with van der Waals surface area (Å²) in [4.78, 5) is 18.8. The Bertz CT molecular complexity index is 222. The van der Waals surface area contributed by atoms with Crippen LogP contribution in [0.4, 0.5) is 4.79 Å². The zero-order chi connectivity index (χ0) is 15.1. The monoisotopic (exact) mass is 276 g/mol. The first-order valence-electron chi connectivity index (χ1n) is 7.00. The quantitative estimate of drug-likeness (QED) is 0.512. The van der Waals surface area contributed by atoms with Gasteiger partial charge < -0.3 is 15.3 Å². The smallest absolute Gasteiger partial charge is 0.481 e. The maximum atomic E-state index is 10.2. The number of carboxylic acid groups (broad SMARTS) is 3. The van der Waals surface area contributed by atoms with Gasteiger partial charge in [-0.3, -0.25) is 4.79 Å². The second-order valence-electron chi connectivity index (χ2n) is 5.08. The van der Waals surface area contributed by atoms with Crippen LogP contribution in [-0.2, 0) is 4.79 Å². The van der Waals surface area contributed by atoms with Gasteiger partial charge in [0.25, 0.3) is 0 Å². The van der Waals surface area contributed by atoms with Gasteiger partial charge in [-0.05, 0) is 12.3 Å². The van der Waals surface area contributed by atoms with Crippen molar-refractivity contribution in [1.29, 1.82) is 0 Å². The molecule has 0 fully saturated rings. The highest BCUT2D eigenvalue weighted by Crippen LogP contribution is 2.12. The lowest BCUT2D eigenvalue weighted by molar-refractivity contribution is -0.137. The van der Waals surface area contributed by atoms with Crippen LogP contribution in [0.1, 0.15) is 71.6 Å². The maximum Gasteiger partial charge on any atom is 0.503 e. The van der Waals surface area contributed by atoms with Crippen LogP contribution < -0.4 is 0 Å². The van der Waals surface area contributed by atoms with Crippen LogP contribution in [0.5, 0.6) is 0 Å². The molecule has 0 bridgehead atoms. The highest BCUT2D eigenvalue weighted by molar-refractivity contribution is 5.66. The topological polar surface area (TPSA) is 94.8 Å². The van der Waals surface area contributed by atoms with Gasteiger partial charge in [-0.2, -0.15) is 0 Å². The maximum absolute atomic E-state index is 10.2. The standard InChI is InChI=1S/C13H26O2.CH2O3/c1-12(2)10-8-6-4-3-5-7-9-11-13(14)15;2-1(3)4/h12H,3-11H2,1-2H3,(H,14,15);(H2,2,3,4). The van der Waals surface area contributed by atoms with Crippen molar-refractivity contribution in [2.75, 3.05) is 0 Å². The Morgan fingerprint density at radius 3 is 1.53 bits per heavy atom. The van der Waals surface area contributed by atoms with Crippen molar-refractivity contribution in [1.82, 2.24) is 0 Å². The summed E-state index contributed by atoms with van der Waals surface area (Å²) in [6.07, 6.45) is 8.28. The van der Waals surface area contributed by atoms with E-state index < -0.39 is 12.1 Å². The molecule has 114 valence electrons. The fraction of sp³-hybridized carbons (Fsp3) is 0.857. The van der Waals surface area contributed by atoms with Crippen LogP contribution in [0.15, 0.2) is 0 Å². The van der Waals surface area contributed by atoms with E-state index in [0.29, 0.717) is 6.42 Å². The van der Waals surface area contributed by atoms with E-state index in [1.165, 1.54) is 38.5 Å². The molecule has 0 aromatic carbocycles. The van der Waals surface area contributed by atoms with Gasteiger partial charge in [-0.1, -0.05) is 58.8 Å². The second-order valence-corrected chi connectivity index (χ2v) is 5.08. The van der Waals surface area contributed by atoms with E-state index in [4.69, 9.17) is 20.1 Å². The van der Waals surface area contributed by atoms with Crippen LogP contribution in [0.2, 0.25) is 0 Å². The van der Waals surface area contributed by atoms with E-state index in [0.717, 1.165) is 18.8 Å². The second kappa shape index (κ2) is 14.8. The molecule has 0 atom stereocenters. The minimum absolute atomic E-state index is 0.341. The van der Waals surface area contributed by atoms with Crippen molar-refractivity contribution < 1.29 is 24.9 Å². The molecule has 3 N–H and O–H groups in total. The molecule has 5 heteroatoms. The normalized spacial score (nSPS) is 9.84. The zero-order valence-corrected chi connectivity index (χ0v) is 12.1. The molecule has 0 radical (unpaired) electrons. The summed E-state index contributed by atoms with van der Waals surface area (Å²) in [5, 5.41) is 22.4. The van der Waals surface area contributed by atoms with Crippen molar-refractivity contribution in [3.8, 4) is 0 Å². The van der Waals surface area contributed by atoms with Gasteiger partial charge in [0.2, 0.25) is 0 Å². The fourth-order valence-electron chi connectivity index (χ4n) is 1.71. The van der Waals surface area contributed by atoms with Crippen LogP contribution in [0.25, 0.3) is 0 Å². The van der Waals surface area contributed by atoms with Crippen LogP contribution in [0.3, 0.4) is 0 Å². The Morgan fingerprint density at radius 2 is 1.16 bits per heavy atom. The molecular formula is C14H28O5. The lowest BCUT2D eigenvalue weighted by atomic mass is 10.0. The third kappa shape index (κ3) is 31.5. The zero-order valence-electron chi connectivity index (χ0n) is 12.1. The van der Waals surface area contributed by atoms with Crippen molar-refractivity contribution in [3.63, 3.8) is 0 Å². The number of carboxylic acids is 1. The predicted molar refractivity (Wildman–Crippen MR) is 74.7 cm³/mol. The number of hydrogen-bond donors (Lipinski definition) is 3. The Labute approximate surface area is 115 Å². The number of carbonyl (C=O) groups is 2. The number of aliphatic carboxylic acids is 1. The molecule has 0 unspecified atom stereocenters. The average molecular weight is 276 g/mol. The summed E-state index contributed by atoms with van der Waals surface area (Å²) in [6, 6.07) is 0. The molecule has 0 amide bonds. The van der Waals surface area contributed by atoms with Crippen molar-refractivity contribution in [3.05, 3.63) is 0 Å². The Morgan fingerprint density at radius 1 is 0.789 bits per heavy atom. The number of rotatable bonds is 10. The molecule has 0 saturated carbocycles. The van der Waals surface area contributed by atoms with Gasteiger partial charge in [0.15, 0.2) is 0 Å².